The highest BCUT2D eigenvalue weighted by molar-refractivity contribution is 7.99. The van der Waals surface area contributed by atoms with Gasteiger partial charge < -0.3 is 15.2 Å². The predicted molar refractivity (Wildman–Crippen MR) is 147 cm³/mol. The Balaban J connectivity index is 1.42. The van der Waals surface area contributed by atoms with Crippen molar-refractivity contribution in [3.63, 3.8) is 0 Å². The van der Waals surface area contributed by atoms with Crippen molar-refractivity contribution < 1.29 is 19.4 Å². The highest BCUT2D eigenvalue weighted by Crippen LogP contribution is 2.39. The summed E-state index contributed by atoms with van der Waals surface area (Å²) in [5.41, 5.74) is 0.907. The van der Waals surface area contributed by atoms with Crippen LogP contribution in [0.25, 0.3) is 0 Å². The fourth-order valence-electron chi connectivity index (χ4n) is 5.71. The number of fused-ring (bicyclic) bond motifs is 1. The van der Waals surface area contributed by atoms with Gasteiger partial charge in [0.2, 0.25) is 0 Å². The van der Waals surface area contributed by atoms with Crippen LogP contribution in [0.3, 0.4) is 0 Å². The van der Waals surface area contributed by atoms with E-state index in [1.165, 1.54) is 25.7 Å². The fraction of sp³-hybridized carbons (Fsp3) is 0.533. The number of rotatable bonds is 11. The van der Waals surface area contributed by atoms with Crippen molar-refractivity contribution in [2.75, 3.05) is 18.8 Å². The van der Waals surface area contributed by atoms with E-state index in [0.717, 1.165) is 23.4 Å². The van der Waals surface area contributed by atoms with Crippen LogP contribution < -0.4 is 5.32 Å². The topological polar surface area (TPSA) is 78.9 Å². The molecule has 4 rings (SSSR count). The quantitative estimate of drug-likeness (QED) is 0.389. The normalized spacial score (nSPS) is 23.5. The molecule has 0 unspecified atom stereocenters. The van der Waals surface area contributed by atoms with Crippen molar-refractivity contribution in [3.05, 3.63) is 66.2 Å². The van der Waals surface area contributed by atoms with E-state index in [2.05, 4.69) is 10.2 Å². The maximum absolute atomic E-state index is 12.9. The second-order valence-corrected chi connectivity index (χ2v) is 11.4. The molecule has 0 spiro atoms. The van der Waals surface area contributed by atoms with Crippen LogP contribution in [0, 0.1) is 11.8 Å². The van der Waals surface area contributed by atoms with Gasteiger partial charge in [0.25, 0.3) is 0 Å². The second kappa shape index (κ2) is 14.0. The van der Waals surface area contributed by atoms with Gasteiger partial charge in [-0.3, -0.25) is 9.69 Å². The van der Waals surface area contributed by atoms with Gasteiger partial charge in [-0.1, -0.05) is 74.7 Å². The standard InChI is InChI=1S/C30H40N2O4S/c1-2-28(33)27-17-23-13-9-10-14-24(23)18-32(27)19-29(34)26(21-37-25-15-7-4-8-16-25)31-30(35)36-20-22-11-5-3-6-12-22/h3-8,11-12,15-16,23-24,26-27,29,34H,2,9-10,13-14,17-21H2,1H3,(H,31,35)/t23-,24+,26-,27-,29+/m0/s1. The Labute approximate surface area is 225 Å². The van der Waals surface area contributed by atoms with E-state index in [-0.39, 0.29) is 18.4 Å². The number of ketones is 1. The van der Waals surface area contributed by atoms with E-state index < -0.39 is 18.2 Å². The molecule has 0 radical (unpaired) electrons. The third-order valence-corrected chi connectivity index (χ3v) is 8.93. The monoisotopic (exact) mass is 524 g/mol. The number of amides is 1. The first-order chi connectivity index (χ1) is 18.0. The Morgan fingerprint density at radius 2 is 1.73 bits per heavy atom. The fourth-order valence-corrected chi connectivity index (χ4v) is 6.73. The summed E-state index contributed by atoms with van der Waals surface area (Å²) in [5, 5.41) is 14.3. The molecule has 2 aromatic rings. The highest BCUT2D eigenvalue weighted by Gasteiger charge is 2.40. The first-order valence-electron chi connectivity index (χ1n) is 13.6. The molecular formula is C30H40N2O4S. The molecule has 37 heavy (non-hydrogen) atoms. The van der Waals surface area contributed by atoms with Gasteiger partial charge >= 0.3 is 6.09 Å². The van der Waals surface area contributed by atoms with Gasteiger partial charge in [0.05, 0.1) is 18.2 Å². The zero-order chi connectivity index (χ0) is 26.0. The number of carbonyl (C=O) groups is 2. The summed E-state index contributed by atoms with van der Waals surface area (Å²) in [6.45, 7) is 3.30. The van der Waals surface area contributed by atoms with Crippen molar-refractivity contribution in [2.24, 2.45) is 11.8 Å². The van der Waals surface area contributed by atoms with Crippen LogP contribution in [-0.2, 0) is 16.1 Å². The molecule has 6 nitrogen and oxygen atoms in total. The lowest BCUT2D eigenvalue weighted by Crippen LogP contribution is -2.57. The van der Waals surface area contributed by atoms with Crippen molar-refractivity contribution >= 4 is 23.6 Å². The number of piperidine rings is 1. The summed E-state index contributed by atoms with van der Waals surface area (Å²) >= 11 is 1.59. The molecule has 5 atom stereocenters. The number of alkyl carbamates (subject to hydrolysis) is 1. The van der Waals surface area contributed by atoms with E-state index in [1.807, 2.05) is 67.6 Å². The minimum Gasteiger partial charge on any atom is -0.445 e. The highest BCUT2D eigenvalue weighted by atomic mass is 32.2. The smallest absolute Gasteiger partial charge is 0.407 e. The number of hydrogen-bond acceptors (Lipinski definition) is 6. The number of nitrogens with zero attached hydrogens (tertiary/aromatic N) is 1. The van der Waals surface area contributed by atoms with E-state index in [9.17, 15) is 14.7 Å². The van der Waals surface area contributed by atoms with Crippen molar-refractivity contribution in [1.82, 2.24) is 10.2 Å². The Bertz CT molecular complexity index is 990. The molecule has 0 bridgehead atoms. The lowest BCUT2D eigenvalue weighted by Gasteiger charge is -2.46. The van der Waals surface area contributed by atoms with Crippen molar-refractivity contribution in [1.29, 1.82) is 0 Å². The SMILES string of the molecule is CCC(=O)[C@@H]1C[C@@H]2CCCC[C@@H]2CN1C[C@@H](O)[C@H](CSc1ccccc1)NC(=O)OCc1ccccc1. The van der Waals surface area contributed by atoms with Crippen LogP contribution >= 0.6 is 11.8 Å². The van der Waals surface area contributed by atoms with E-state index in [0.29, 0.717) is 30.6 Å². The number of carbonyl (C=O) groups excluding carboxylic acids is 2. The third-order valence-electron chi connectivity index (χ3n) is 7.80. The molecule has 1 amide bonds. The average molecular weight is 525 g/mol. The minimum atomic E-state index is -0.826. The number of nitrogens with one attached hydrogen (secondary N) is 1. The van der Waals surface area contributed by atoms with Gasteiger partial charge in [-0.25, -0.2) is 4.79 Å². The Morgan fingerprint density at radius 3 is 2.43 bits per heavy atom. The number of aliphatic hydroxyl groups is 1. The van der Waals surface area contributed by atoms with Crippen LogP contribution in [0.2, 0.25) is 0 Å². The summed E-state index contributed by atoms with van der Waals surface area (Å²) in [4.78, 5) is 28.9. The largest absolute Gasteiger partial charge is 0.445 e. The van der Waals surface area contributed by atoms with Gasteiger partial charge in [-0.15, -0.1) is 11.8 Å². The van der Waals surface area contributed by atoms with E-state index in [1.54, 1.807) is 11.8 Å². The van der Waals surface area contributed by atoms with Gasteiger partial charge in [0.1, 0.15) is 12.4 Å². The predicted octanol–water partition coefficient (Wildman–Crippen LogP) is 5.29. The average Bonchev–Trinajstić information content (AvgIpc) is 2.94. The minimum absolute atomic E-state index is 0.147. The molecule has 1 aliphatic carbocycles. The molecule has 200 valence electrons. The molecule has 2 N–H and O–H groups in total. The molecule has 1 aliphatic heterocycles. The Kier molecular flexibility index (Phi) is 10.5. The third kappa shape index (κ3) is 8.06. The van der Waals surface area contributed by atoms with Gasteiger partial charge in [0.15, 0.2) is 0 Å². The number of β-amino-alcohol motifs (C(OH)–C–C–N with tert-alkyl or cyclic N) is 1. The van der Waals surface area contributed by atoms with Crippen LogP contribution in [0.1, 0.15) is 51.0 Å². The number of hydrogen-bond donors (Lipinski definition) is 2. The number of Topliss-reactive ketones (excluding diaryl/α,β-unsaturated/α-hetero) is 1. The number of aliphatic hydroxyl groups excluding tert-OH is 1. The van der Waals surface area contributed by atoms with Crippen LogP contribution in [0.15, 0.2) is 65.6 Å². The number of ether oxygens (including phenoxy) is 1. The first-order valence-corrected chi connectivity index (χ1v) is 14.6. The van der Waals surface area contributed by atoms with Crippen molar-refractivity contribution in [3.8, 4) is 0 Å². The lowest BCUT2D eigenvalue weighted by atomic mass is 9.72. The summed E-state index contributed by atoms with van der Waals surface area (Å²) in [6, 6.07) is 18.8. The molecule has 2 fully saturated rings. The lowest BCUT2D eigenvalue weighted by molar-refractivity contribution is -0.128. The van der Waals surface area contributed by atoms with Crippen LogP contribution in [0.5, 0.6) is 0 Å². The molecule has 1 saturated carbocycles. The zero-order valence-electron chi connectivity index (χ0n) is 21.8. The Morgan fingerprint density at radius 1 is 1.05 bits per heavy atom. The molecule has 1 saturated heterocycles. The maximum Gasteiger partial charge on any atom is 0.407 e. The summed E-state index contributed by atoms with van der Waals surface area (Å²) in [7, 11) is 0. The second-order valence-electron chi connectivity index (χ2n) is 10.3. The molecule has 0 aromatic heterocycles. The maximum atomic E-state index is 12.9. The molecule has 7 heteroatoms. The number of benzene rings is 2. The van der Waals surface area contributed by atoms with Gasteiger partial charge in [-0.05, 0) is 42.4 Å². The summed E-state index contributed by atoms with van der Waals surface area (Å²) in [5.74, 6) is 1.94. The van der Waals surface area contributed by atoms with Crippen LogP contribution in [0.4, 0.5) is 4.79 Å². The van der Waals surface area contributed by atoms with Gasteiger partial charge in [-0.2, -0.15) is 0 Å². The van der Waals surface area contributed by atoms with Crippen molar-refractivity contribution in [2.45, 2.75) is 75.1 Å². The molecular weight excluding hydrogens is 484 g/mol. The molecule has 1 heterocycles. The summed E-state index contributed by atoms with van der Waals surface area (Å²) < 4.78 is 5.46. The number of likely N-dealkylation sites (tertiary alicyclic amines) is 1. The number of thioether (sulfide) groups is 1. The first kappa shape index (κ1) is 27.7. The molecule has 2 aliphatic rings. The van der Waals surface area contributed by atoms with Crippen LogP contribution in [-0.4, -0.2) is 58.9 Å². The Hall–Kier alpha value is -2.35. The van der Waals surface area contributed by atoms with Gasteiger partial charge in [0, 0.05) is 30.2 Å². The summed E-state index contributed by atoms with van der Waals surface area (Å²) in [6.07, 6.45) is 4.93. The van der Waals surface area contributed by atoms with E-state index >= 15 is 0 Å². The zero-order valence-corrected chi connectivity index (χ0v) is 22.6. The molecule has 2 aromatic carbocycles. The van der Waals surface area contributed by atoms with E-state index in [4.69, 9.17) is 4.74 Å².